The van der Waals surface area contributed by atoms with E-state index in [4.69, 9.17) is 0 Å². The largest absolute Gasteiger partial charge is 0.504 e. The summed E-state index contributed by atoms with van der Waals surface area (Å²) in [7, 11) is 0. The number of aromatic nitrogens is 1. The number of fused-ring (bicyclic) bond motifs is 1. The molecule has 8 nitrogen and oxygen atoms in total. The molecule has 3 N–H and O–H groups in total. The zero-order chi connectivity index (χ0) is 19.3. The van der Waals surface area contributed by atoms with Crippen molar-refractivity contribution in [3.63, 3.8) is 0 Å². The van der Waals surface area contributed by atoms with Gasteiger partial charge in [-0.3, -0.25) is 4.79 Å². The number of rotatable bonds is 4. The van der Waals surface area contributed by atoms with E-state index in [-0.39, 0.29) is 17.2 Å². The predicted molar refractivity (Wildman–Crippen MR) is 101 cm³/mol. The lowest BCUT2D eigenvalue weighted by atomic mass is 10.1. The van der Waals surface area contributed by atoms with Gasteiger partial charge < -0.3 is 29.7 Å². The molecule has 4 rings (SSSR count). The van der Waals surface area contributed by atoms with Crippen LogP contribution in [0.25, 0.3) is 10.9 Å². The first-order valence-electron chi connectivity index (χ1n) is 9.26. The van der Waals surface area contributed by atoms with Crippen molar-refractivity contribution >= 4 is 22.6 Å². The number of aromatic hydroxyl groups is 2. The molecule has 0 spiro atoms. The van der Waals surface area contributed by atoms with Gasteiger partial charge in [-0.1, -0.05) is 6.92 Å². The summed E-state index contributed by atoms with van der Waals surface area (Å²) >= 11 is 0. The molecule has 2 aromatic rings. The Balaban J connectivity index is 1.90. The van der Waals surface area contributed by atoms with Gasteiger partial charge >= 0.3 is 5.97 Å². The first-order valence-corrected chi connectivity index (χ1v) is 9.26. The molecule has 1 aromatic carbocycles. The maximum absolute atomic E-state index is 12.6. The third-order valence-electron chi connectivity index (χ3n) is 5.58. The average Bonchev–Trinajstić information content (AvgIpc) is 3.49. The molecule has 144 valence electrons. The number of carbonyl (C=O) groups is 1. The molecule has 0 amide bonds. The Morgan fingerprint density at radius 1 is 1.15 bits per heavy atom. The third-order valence-corrected chi connectivity index (χ3v) is 5.58. The van der Waals surface area contributed by atoms with Crippen LogP contribution in [0.4, 0.5) is 5.69 Å². The van der Waals surface area contributed by atoms with E-state index in [0.717, 1.165) is 32.5 Å². The Hall–Kier alpha value is -2.74. The van der Waals surface area contributed by atoms with Gasteiger partial charge in [-0.25, -0.2) is 4.79 Å². The number of pyridine rings is 1. The first-order chi connectivity index (χ1) is 12.9. The lowest BCUT2D eigenvalue weighted by Crippen LogP contribution is -2.46. The normalized spacial score (nSPS) is 18.2. The van der Waals surface area contributed by atoms with Crippen molar-refractivity contribution in [2.24, 2.45) is 0 Å². The van der Waals surface area contributed by atoms with Crippen molar-refractivity contribution in [2.45, 2.75) is 25.8 Å². The fraction of sp³-hybridized carbons (Fsp3) is 0.474. The summed E-state index contributed by atoms with van der Waals surface area (Å²) in [6.07, 6.45) is 3.15. The van der Waals surface area contributed by atoms with Crippen LogP contribution in [0.2, 0.25) is 0 Å². The summed E-state index contributed by atoms with van der Waals surface area (Å²) in [6, 6.07) is 1.82. The monoisotopic (exact) mass is 373 g/mol. The molecule has 8 heteroatoms. The Bertz CT molecular complexity index is 972. The molecule has 2 fully saturated rings. The van der Waals surface area contributed by atoms with E-state index < -0.39 is 22.7 Å². The van der Waals surface area contributed by atoms with Crippen molar-refractivity contribution in [2.75, 3.05) is 37.6 Å². The van der Waals surface area contributed by atoms with Crippen molar-refractivity contribution in [1.82, 2.24) is 9.47 Å². The van der Waals surface area contributed by atoms with Gasteiger partial charge in [0.1, 0.15) is 5.56 Å². The number of carboxylic acids is 1. The van der Waals surface area contributed by atoms with Gasteiger partial charge in [-0.2, -0.15) is 0 Å². The number of hydrogen-bond acceptors (Lipinski definition) is 6. The fourth-order valence-electron chi connectivity index (χ4n) is 3.81. The standard InChI is InChI=1S/C19H23N3O5/c1-2-20-5-7-21(8-6-20)14-9-13-15(18(25)17(14)24)16(23)12(19(26)27)10-22(13)11-3-4-11/h9-11,24-25H,2-8H2,1H3,(H,26,27). The zero-order valence-corrected chi connectivity index (χ0v) is 15.2. The van der Waals surface area contributed by atoms with Crippen LogP contribution in [0.15, 0.2) is 17.1 Å². The van der Waals surface area contributed by atoms with Gasteiger partial charge in [0.05, 0.1) is 16.6 Å². The van der Waals surface area contributed by atoms with Crippen LogP contribution >= 0.6 is 0 Å². The molecule has 0 bridgehead atoms. The maximum atomic E-state index is 12.6. The highest BCUT2D eigenvalue weighted by Gasteiger charge is 2.30. The Morgan fingerprint density at radius 2 is 1.81 bits per heavy atom. The molecule has 1 aliphatic carbocycles. The predicted octanol–water partition coefficient (Wildman–Crippen LogP) is 1.59. The summed E-state index contributed by atoms with van der Waals surface area (Å²) in [4.78, 5) is 28.4. The number of benzene rings is 1. The highest BCUT2D eigenvalue weighted by atomic mass is 16.4. The molecule has 0 radical (unpaired) electrons. The minimum absolute atomic E-state index is 0.111. The number of hydrogen-bond donors (Lipinski definition) is 3. The SMILES string of the molecule is CCN1CCN(c2cc3c(c(O)c2O)c(=O)c(C(=O)O)cn3C2CC2)CC1. The number of nitrogens with zero attached hydrogens (tertiary/aromatic N) is 3. The number of likely N-dealkylation sites (N-methyl/N-ethyl adjacent to an activating group) is 1. The van der Waals surface area contributed by atoms with E-state index in [1.807, 2.05) is 4.90 Å². The van der Waals surface area contributed by atoms with Gasteiger partial charge in [-0.15, -0.1) is 0 Å². The lowest BCUT2D eigenvalue weighted by Gasteiger charge is -2.36. The van der Waals surface area contributed by atoms with Gasteiger partial charge in [0.25, 0.3) is 0 Å². The maximum Gasteiger partial charge on any atom is 0.341 e. The van der Waals surface area contributed by atoms with Gasteiger partial charge in [-0.05, 0) is 25.5 Å². The molecule has 1 aliphatic heterocycles. The van der Waals surface area contributed by atoms with Gasteiger partial charge in [0.2, 0.25) is 5.43 Å². The molecular formula is C19H23N3O5. The molecule has 0 atom stereocenters. The van der Waals surface area contributed by atoms with E-state index in [1.165, 1.54) is 6.20 Å². The summed E-state index contributed by atoms with van der Waals surface area (Å²) in [5.41, 5.74) is -0.221. The summed E-state index contributed by atoms with van der Waals surface area (Å²) in [6.45, 7) is 6.16. The number of aromatic carboxylic acids is 1. The smallest absolute Gasteiger partial charge is 0.341 e. The van der Waals surface area contributed by atoms with E-state index in [1.54, 1.807) is 10.6 Å². The van der Waals surface area contributed by atoms with E-state index in [9.17, 15) is 24.9 Å². The highest BCUT2D eigenvalue weighted by Crippen LogP contribution is 2.44. The molecule has 2 heterocycles. The molecule has 0 unspecified atom stereocenters. The number of phenolic OH excluding ortho intramolecular Hbond substituents is 2. The second-order valence-electron chi connectivity index (χ2n) is 7.22. The molecule has 1 saturated carbocycles. The number of anilines is 1. The minimum Gasteiger partial charge on any atom is -0.504 e. The molecule has 1 saturated heterocycles. The topological polar surface area (TPSA) is 106 Å². The quantitative estimate of drug-likeness (QED) is 0.699. The minimum atomic E-state index is -1.34. The number of carboxylic acid groups (broad SMARTS) is 1. The van der Waals surface area contributed by atoms with E-state index >= 15 is 0 Å². The van der Waals surface area contributed by atoms with Gasteiger partial charge in [0.15, 0.2) is 11.5 Å². The van der Waals surface area contributed by atoms with Crippen molar-refractivity contribution < 1.29 is 20.1 Å². The average molecular weight is 373 g/mol. The Kier molecular flexibility index (Phi) is 4.22. The number of phenols is 2. The van der Waals surface area contributed by atoms with E-state index in [0.29, 0.717) is 24.3 Å². The molecular weight excluding hydrogens is 350 g/mol. The highest BCUT2D eigenvalue weighted by molar-refractivity contribution is 5.98. The molecule has 1 aromatic heterocycles. The van der Waals surface area contributed by atoms with Crippen LogP contribution in [-0.4, -0.2) is 63.5 Å². The third kappa shape index (κ3) is 2.90. The fourth-order valence-corrected chi connectivity index (χ4v) is 3.81. The second-order valence-corrected chi connectivity index (χ2v) is 7.22. The molecule has 2 aliphatic rings. The zero-order valence-electron chi connectivity index (χ0n) is 15.2. The second kappa shape index (κ2) is 6.45. The van der Waals surface area contributed by atoms with Crippen LogP contribution in [-0.2, 0) is 0 Å². The summed E-state index contributed by atoms with van der Waals surface area (Å²) in [5, 5.41) is 30.4. The van der Waals surface area contributed by atoms with Crippen LogP contribution in [0, 0.1) is 0 Å². The molecule has 27 heavy (non-hydrogen) atoms. The number of piperazine rings is 1. The van der Waals surface area contributed by atoms with Crippen LogP contribution in [0.5, 0.6) is 11.5 Å². The first kappa shape index (κ1) is 17.7. The van der Waals surface area contributed by atoms with Crippen LogP contribution in [0.1, 0.15) is 36.2 Å². The Labute approximate surface area is 155 Å². The van der Waals surface area contributed by atoms with Crippen molar-refractivity contribution in [1.29, 1.82) is 0 Å². The van der Waals surface area contributed by atoms with E-state index in [2.05, 4.69) is 11.8 Å². The van der Waals surface area contributed by atoms with Gasteiger partial charge in [0, 0.05) is 38.4 Å². The summed E-state index contributed by atoms with van der Waals surface area (Å²) < 4.78 is 1.76. The van der Waals surface area contributed by atoms with Crippen LogP contribution < -0.4 is 10.3 Å². The van der Waals surface area contributed by atoms with Crippen molar-refractivity contribution in [3.05, 3.63) is 28.0 Å². The Morgan fingerprint density at radius 3 is 2.37 bits per heavy atom. The summed E-state index contributed by atoms with van der Waals surface area (Å²) in [5.74, 6) is -2.24. The van der Waals surface area contributed by atoms with Crippen molar-refractivity contribution in [3.8, 4) is 11.5 Å². The lowest BCUT2D eigenvalue weighted by molar-refractivity contribution is 0.0695. The van der Waals surface area contributed by atoms with Crippen LogP contribution in [0.3, 0.4) is 0 Å².